The molecule has 0 bridgehead atoms. The van der Waals surface area contributed by atoms with Gasteiger partial charge in [0, 0.05) is 29.6 Å². The summed E-state index contributed by atoms with van der Waals surface area (Å²) in [6.07, 6.45) is 0. The summed E-state index contributed by atoms with van der Waals surface area (Å²) in [4.78, 5) is 4.84. The molecule has 0 aromatic heterocycles. The van der Waals surface area contributed by atoms with Crippen molar-refractivity contribution >= 4 is 22.6 Å². The van der Waals surface area contributed by atoms with Gasteiger partial charge in [-0.3, -0.25) is 4.90 Å². The maximum Gasteiger partial charge on any atom is 0.0429 e. The summed E-state index contributed by atoms with van der Waals surface area (Å²) in [6.45, 7) is 6.06. The predicted molar refractivity (Wildman–Crippen MR) is 57.4 cm³/mol. The van der Waals surface area contributed by atoms with E-state index in [9.17, 15) is 0 Å². The second kappa shape index (κ2) is 3.58. The first-order valence-corrected chi connectivity index (χ1v) is 5.57. The monoisotopic (exact) mass is 268 g/mol. The van der Waals surface area contributed by atoms with Crippen molar-refractivity contribution in [3.05, 3.63) is 0 Å². The third kappa shape index (κ3) is 2.06. The fraction of sp³-hybridized carbons (Fsp3) is 1.00. The van der Waals surface area contributed by atoms with Crippen LogP contribution in [0.3, 0.4) is 0 Å². The molecule has 1 heterocycles. The Morgan fingerprint density at radius 1 is 1.45 bits per heavy atom. The van der Waals surface area contributed by atoms with Gasteiger partial charge in [-0.1, -0.05) is 22.6 Å². The first kappa shape index (κ1) is 9.74. The highest BCUT2D eigenvalue weighted by Crippen LogP contribution is 2.24. The van der Waals surface area contributed by atoms with E-state index in [1.165, 1.54) is 24.1 Å². The van der Waals surface area contributed by atoms with E-state index in [0.717, 1.165) is 0 Å². The first-order valence-electron chi connectivity index (χ1n) is 4.04. The molecule has 2 nitrogen and oxygen atoms in total. The van der Waals surface area contributed by atoms with Crippen LogP contribution < -0.4 is 0 Å². The lowest BCUT2D eigenvalue weighted by molar-refractivity contribution is -0.0110. The second-order valence-electron chi connectivity index (χ2n) is 3.79. The van der Waals surface area contributed by atoms with Gasteiger partial charge in [-0.25, -0.2) is 0 Å². The Morgan fingerprint density at radius 2 is 2.00 bits per heavy atom. The van der Waals surface area contributed by atoms with Crippen molar-refractivity contribution in [2.75, 3.05) is 38.2 Å². The molecule has 0 saturated carbocycles. The second-order valence-corrected chi connectivity index (χ2v) is 4.87. The Kier molecular flexibility index (Phi) is 3.17. The molecular weight excluding hydrogens is 251 g/mol. The van der Waals surface area contributed by atoms with E-state index in [0.29, 0.717) is 5.54 Å². The Hall–Kier alpha value is 0.650. The molecule has 0 unspecified atom stereocenters. The SMILES string of the molecule is CN(C)C1(C)CN(CCI)C1. The van der Waals surface area contributed by atoms with Crippen LogP contribution in [0, 0.1) is 0 Å². The lowest BCUT2D eigenvalue weighted by Gasteiger charge is -2.52. The molecule has 1 aliphatic rings. The van der Waals surface area contributed by atoms with Crippen LogP contribution in [0.15, 0.2) is 0 Å². The van der Waals surface area contributed by atoms with Crippen LogP contribution in [-0.2, 0) is 0 Å². The number of alkyl halides is 1. The minimum Gasteiger partial charge on any atom is -0.301 e. The van der Waals surface area contributed by atoms with Gasteiger partial charge in [-0.05, 0) is 21.0 Å². The van der Waals surface area contributed by atoms with E-state index >= 15 is 0 Å². The topological polar surface area (TPSA) is 6.48 Å². The zero-order valence-corrected chi connectivity index (χ0v) is 9.76. The third-order valence-corrected chi connectivity index (χ3v) is 3.09. The molecule has 0 N–H and O–H groups in total. The third-order valence-electron chi connectivity index (χ3n) is 2.61. The fourth-order valence-corrected chi connectivity index (χ4v) is 2.16. The number of likely N-dealkylation sites (N-methyl/N-ethyl adjacent to an activating group) is 1. The normalized spacial score (nSPS) is 23.7. The van der Waals surface area contributed by atoms with Gasteiger partial charge in [0.1, 0.15) is 0 Å². The van der Waals surface area contributed by atoms with Gasteiger partial charge in [0.2, 0.25) is 0 Å². The van der Waals surface area contributed by atoms with Crippen LogP contribution in [0.25, 0.3) is 0 Å². The predicted octanol–water partition coefficient (Wildman–Crippen LogP) is 1.06. The maximum absolute atomic E-state index is 2.51. The molecular formula is C8H17IN2. The molecule has 0 radical (unpaired) electrons. The molecule has 0 aromatic carbocycles. The van der Waals surface area contributed by atoms with Crippen LogP contribution in [0.5, 0.6) is 0 Å². The largest absolute Gasteiger partial charge is 0.301 e. The van der Waals surface area contributed by atoms with Gasteiger partial charge < -0.3 is 4.90 Å². The lowest BCUT2D eigenvalue weighted by Crippen LogP contribution is -2.66. The number of halogens is 1. The average Bonchev–Trinajstić information content (AvgIpc) is 1.84. The van der Waals surface area contributed by atoms with Gasteiger partial charge in [0.05, 0.1) is 0 Å². The van der Waals surface area contributed by atoms with Crippen LogP contribution in [-0.4, -0.2) is 53.5 Å². The Bertz CT molecular complexity index is 130. The van der Waals surface area contributed by atoms with E-state index in [2.05, 4.69) is 53.4 Å². The van der Waals surface area contributed by atoms with Gasteiger partial charge >= 0.3 is 0 Å². The van der Waals surface area contributed by atoms with Crippen LogP contribution in [0.4, 0.5) is 0 Å². The van der Waals surface area contributed by atoms with Crippen LogP contribution in [0.1, 0.15) is 6.92 Å². The summed E-state index contributed by atoms with van der Waals surface area (Å²) in [7, 11) is 4.34. The minimum atomic E-state index is 0.450. The smallest absolute Gasteiger partial charge is 0.0429 e. The van der Waals surface area contributed by atoms with Crippen molar-refractivity contribution in [3.8, 4) is 0 Å². The minimum absolute atomic E-state index is 0.450. The molecule has 0 amide bonds. The quantitative estimate of drug-likeness (QED) is 0.558. The van der Waals surface area contributed by atoms with Crippen molar-refractivity contribution in [1.82, 2.24) is 9.80 Å². The summed E-state index contributed by atoms with van der Waals surface area (Å²) in [5.74, 6) is 0. The van der Waals surface area contributed by atoms with Crippen LogP contribution >= 0.6 is 22.6 Å². The molecule has 1 aliphatic heterocycles. The summed E-state index contributed by atoms with van der Waals surface area (Å²) >= 11 is 2.43. The highest BCUT2D eigenvalue weighted by molar-refractivity contribution is 14.1. The fourth-order valence-electron chi connectivity index (χ4n) is 1.48. The van der Waals surface area contributed by atoms with Gasteiger partial charge in [-0.15, -0.1) is 0 Å². The van der Waals surface area contributed by atoms with Crippen molar-refractivity contribution < 1.29 is 0 Å². The highest BCUT2D eigenvalue weighted by atomic mass is 127. The number of likely N-dealkylation sites (tertiary alicyclic amines) is 1. The molecule has 0 atom stereocenters. The van der Waals surface area contributed by atoms with Crippen molar-refractivity contribution in [1.29, 1.82) is 0 Å². The van der Waals surface area contributed by atoms with Crippen molar-refractivity contribution in [2.24, 2.45) is 0 Å². The van der Waals surface area contributed by atoms with Crippen molar-refractivity contribution in [2.45, 2.75) is 12.5 Å². The summed E-state index contributed by atoms with van der Waals surface area (Å²) in [5, 5.41) is 0. The maximum atomic E-state index is 2.51. The summed E-state index contributed by atoms with van der Waals surface area (Å²) in [5.41, 5.74) is 0.450. The average molecular weight is 268 g/mol. The van der Waals surface area contributed by atoms with Gasteiger partial charge in [-0.2, -0.15) is 0 Å². The summed E-state index contributed by atoms with van der Waals surface area (Å²) in [6, 6.07) is 0. The molecule has 1 rings (SSSR count). The Balaban J connectivity index is 2.26. The van der Waals surface area contributed by atoms with Crippen molar-refractivity contribution in [3.63, 3.8) is 0 Å². The number of hydrogen-bond acceptors (Lipinski definition) is 2. The molecule has 0 spiro atoms. The molecule has 11 heavy (non-hydrogen) atoms. The Morgan fingerprint density at radius 3 is 2.36 bits per heavy atom. The molecule has 66 valence electrons. The zero-order chi connectivity index (χ0) is 8.48. The number of hydrogen-bond donors (Lipinski definition) is 0. The van der Waals surface area contributed by atoms with Gasteiger partial charge in [0.15, 0.2) is 0 Å². The van der Waals surface area contributed by atoms with Gasteiger partial charge in [0.25, 0.3) is 0 Å². The van der Waals surface area contributed by atoms with E-state index in [-0.39, 0.29) is 0 Å². The summed E-state index contributed by atoms with van der Waals surface area (Å²) < 4.78 is 1.25. The standard InChI is InChI=1S/C8H17IN2/c1-8(10(2)3)6-11(7-8)5-4-9/h4-7H2,1-3H3. The molecule has 0 aromatic rings. The van der Waals surface area contributed by atoms with E-state index in [1.807, 2.05) is 0 Å². The molecule has 1 fully saturated rings. The molecule has 3 heteroatoms. The lowest BCUT2D eigenvalue weighted by atomic mass is 9.91. The van der Waals surface area contributed by atoms with E-state index in [1.54, 1.807) is 0 Å². The number of rotatable bonds is 3. The van der Waals surface area contributed by atoms with E-state index < -0.39 is 0 Å². The molecule has 1 saturated heterocycles. The van der Waals surface area contributed by atoms with E-state index in [4.69, 9.17) is 0 Å². The zero-order valence-electron chi connectivity index (χ0n) is 7.60. The van der Waals surface area contributed by atoms with Crippen LogP contribution in [0.2, 0.25) is 0 Å². The first-order chi connectivity index (χ1) is 5.08. The Labute approximate surface area is 83.1 Å². The number of nitrogens with zero attached hydrogens (tertiary/aromatic N) is 2. The highest BCUT2D eigenvalue weighted by Gasteiger charge is 2.39. The molecule has 0 aliphatic carbocycles.